The summed E-state index contributed by atoms with van der Waals surface area (Å²) in [5.41, 5.74) is 1.30. The van der Waals surface area contributed by atoms with Gasteiger partial charge in [0.15, 0.2) is 0 Å². The summed E-state index contributed by atoms with van der Waals surface area (Å²) in [5, 5.41) is 0. The monoisotopic (exact) mass is 227 g/mol. The Morgan fingerprint density at radius 3 is 2.27 bits per heavy atom. The van der Waals surface area contributed by atoms with Crippen LogP contribution in [0.15, 0.2) is 17.2 Å². The van der Waals surface area contributed by atoms with Crippen molar-refractivity contribution in [2.75, 3.05) is 19.6 Å². The molecule has 0 aliphatic carbocycles. The topological polar surface area (TPSA) is 22.1 Å². The van der Waals surface area contributed by atoms with E-state index in [9.17, 15) is 0 Å². The lowest BCUT2D eigenvalue weighted by molar-refractivity contribution is 0.409. The lowest BCUT2D eigenvalue weighted by Gasteiger charge is -2.24. The van der Waals surface area contributed by atoms with Crippen LogP contribution >= 0.6 is 10.9 Å². The number of ether oxygens (including phenoxy) is 1. The molecule has 1 aromatic heterocycles. The van der Waals surface area contributed by atoms with Crippen molar-refractivity contribution in [3.05, 3.63) is 18.0 Å². The molecule has 86 valence electrons. The smallest absolute Gasteiger partial charge is 0.138 e. The number of aromatic nitrogens is 1. The van der Waals surface area contributed by atoms with Crippen LogP contribution in [0.4, 0.5) is 0 Å². The zero-order chi connectivity index (χ0) is 11.6. The average Bonchev–Trinajstić information content (AvgIpc) is 2.15. The largest absolute Gasteiger partial charge is 0.495 e. The lowest BCUT2D eigenvalue weighted by atomic mass is 9.91. The highest BCUT2D eigenvalue weighted by Gasteiger charge is 2.20. The fourth-order valence-corrected chi connectivity index (χ4v) is 2.67. The molecule has 0 spiro atoms. The van der Waals surface area contributed by atoms with Crippen LogP contribution in [0.5, 0.6) is 5.75 Å². The normalized spacial score (nSPS) is 12.5. The third-order valence-electron chi connectivity index (χ3n) is 2.27. The maximum Gasteiger partial charge on any atom is 0.138 e. The van der Waals surface area contributed by atoms with Crippen LogP contribution in [0.2, 0.25) is 0 Å². The molecule has 0 fully saturated rings. The molecule has 1 heterocycles. The number of rotatable bonds is 2. The maximum atomic E-state index is 5.22. The predicted molar refractivity (Wildman–Crippen MR) is 68.6 cm³/mol. The summed E-state index contributed by atoms with van der Waals surface area (Å²) < 4.78 is 5.22. The van der Waals surface area contributed by atoms with Gasteiger partial charge in [0.1, 0.15) is 5.75 Å². The minimum absolute atomic E-state index is 0.105. The van der Waals surface area contributed by atoms with Gasteiger partial charge in [0.05, 0.1) is 19.0 Å². The fourth-order valence-electron chi connectivity index (χ4n) is 1.47. The summed E-state index contributed by atoms with van der Waals surface area (Å²) >= 11 is 0. The summed E-state index contributed by atoms with van der Waals surface area (Å²) in [4.78, 5) is 5.88. The fraction of sp³-hybridized carbons (Fsp3) is 0.583. The van der Waals surface area contributed by atoms with Crippen LogP contribution in [0.3, 0.4) is 0 Å². The number of methoxy groups -OCH3 is 1. The first-order valence-electron chi connectivity index (χ1n) is 5.08. The van der Waals surface area contributed by atoms with E-state index in [0.717, 1.165) is 5.75 Å². The van der Waals surface area contributed by atoms with E-state index in [1.807, 2.05) is 6.20 Å². The molecule has 0 aromatic carbocycles. The highest BCUT2D eigenvalue weighted by atomic mass is 32.2. The molecule has 0 saturated heterocycles. The lowest BCUT2D eigenvalue weighted by Crippen LogP contribution is -2.15. The van der Waals surface area contributed by atoms with Gasteiger partial charge in [-0.2, -0.15) is 0 Å². The van der Waals surface area contributed by atoms with Gasteiger partial charge < -0.3 is 4.74 Å². The molecule has 15 heavy (non-hydrogen) atoms. The second-order valence-electron chi connectivity index (χ2n) is 4.89. The van der Waals surface area contributed by atoms with E-state index in [0.29, 0.717) is 0 Å². The third kappa shape index (κ3) is 2.88. The molecule has 1 rings (SSSR count). The van der Waals surface area contributed by atoms with Crippen molar-refractivity contribution in [3.8, 4) is 5.75 Å². The van der Waals surface area contributed by atoms with Crippen molar-refractivity contribution in [1.82, 2.24) is 4.98 Å². The first-order chi connectivity index (χ1) is 6.86. The maximum absolute atomic E-state index is 5.22. The predicted octanol–water partition coefficient (Wildman–Crippen LogP) is 3.01. The van der Waals surface area contributed by atoms with Gasteiger partial charge in [-0.3, -0.25) is 4.98 Å². The Bertz CT molecular complexity index is 342. The molecule has 3 heteroatoms. The van der Waals surface area contributed by atoms with Crippen molar-refractivity contribution in [2.45, 2.75) is 31.1 Å². The molecule has 2 nitrogen and oxygen atoms in total. The zero-order valence-corrected chi connectivity index (χ0v) is 11.4. The van der Waals surface area contributed by atoms with Gasteiger partial charge in [0.25, 0.3) is 0 Å². The van der Waals surface area contributed by atoms with Crippen molar-refractivity contribution in [3.63, 3.8) is 0 Å². The molecule has 0 amide bonds. The Morgan fingerprint density at radius 2 is 1.87 bits per heavy atom. The van der Waals surface area contributed by atoms with Crippen molar-refractivity contribution < 1.29 is 4.74 Å². The number of hydrogen-bond acceptors (Lipinski definition) is 2. The Morgan fingerprint density at radius 1 is 1.27 bits per heavy atom. The van der Waals surface area contributed by atoms with Crippen LogP contribution in [0.25, 0.3) is 0 Å². The second-order valence-corrected chi connectivity index (χ2v) is 7.16. The summed E-state index contributed by atoms with van der Waals surface area (Å²) in [6.07, 6.45) is 6.31. The Labute approximate surface area is 95.4 Å². The Hall–Kier alpha value is -0.700. The quantitative estimate of drug-likeness (QED) is 0.785. The molecule has 0 bridgehead atoms. The van der Waals surface area contributed by atoms with E-state index >= 15 is 0 Å². The number of nitrogens with zero attached hydrogens (tertiary/aromatic N) is 1. The standard InChI is InChI=1S/C12H21NOS/c1-12(2,3)11-10(15(5)6)7-9(14-4)8-13-11/h7-8,15H,1-6H3. The van der Waals surface area contributed by atoms with Gasteiger partial charge in [-0.05, 0) is 18.6 Å². The van der Waals surface area contributed by atoms with E-state index in [4.69, 9.17) is 4.74 Å². The van der Waals surface area contributed by atoms with Gasteiger partial charge >= 0.3 is 0 Å². The molecule has 0 aliphatic rings. The van der Waals surface area contributed by atoms with Gasteiger partial charge in [-0.25, -0.2) is 10.9 Å². The summed E-state index contributed by atoms with van der Waals surface area (Å²) in [5.74, 6) is 0.856. The SMILES string of the molecule is COc1cnc(C(C)(C)C)c([SH](C)C)c1. The van der Waals surface area contributed by atoms with Gasteiger partial charge in [-0.1, -0.05) is 20.8 Å². The first kappa shape index (κ1) is 12.4. The zero-order valence-electron chi connectivity index (χ0n) is 10.5. The van der Waals surface area contributed by atoms with Crippen LogP contribution in [0, 0.1) is 0 Å². The van der Waals surface area contributed by atoms with Gasteiger partial charge in [0, 0.05) is 10.3 Å². The van der Waals surface area contributed by atoms with Gasteiger partial charge in [0.2, 0.25) is 0 Å². The van der Waals surface area contributed by atoms with Crippen LogP contribution in [-0.2, 0) is 5.41 Å². The molecule has 0 saturated carbocycles. The van der Waals surface area contributed by atoms with E-state index in [-0.39, 0.29) is 16.3 Å². The van der Waals surface area contributed by atoms with Crippen molar-refractivity contribution >= 4 is 10.9 Å². The average molecular weight is 227 g/mol. The van der Waals surface area contributed by atoms with Crippen molar-refractivity contribution in [1.29, 1.82) is 0 Å². The molecule has 0 radical (unpaired) electrons. The first-order valence-corrected chi connectivity index (χ1v) is 7.31. The molecule has 0 aliphatic heterocycles. The summed E-state index contributed by atoms with van der Waals surface area (Å²) in [6, 6.07) is 2.12. The minimum atomic E-state index is -0.145. The molecular formula is C12H21NOS. The highest BCUT2D eigenvalue weighted by molar-refractivity contribution is 8.15. The summed E-state index contributed by atoms with van der Waals surface area (Å²) in [6.45, 7) is 6.60. The Balaban J connectivity index is 3.28. The van der Waals surface area contributed by atoms with Crippen LogP contribution in [0.1, 0.15) is 26.5 Å². The number of hydrogen-bond donors (Lipinski definition) is 1. The van der Waals surface area contributed by atoms with Crippen LogP contribution in [-0.4, -0.2) is 24.6 Å². The molecule has 1 aromatic rings. The molecule has 0 N–H and O–H groups in total. The Kier molecular flexibility index (Phi) is 3.66. The van der Waals surface area contributed by atoms with E-state index in [1.165, 1.54) is 10.6 Å². The molecule has 0 atom stereocenters. The van der Waals surface area contributed by atoms with E-state index < -0.39 is 0 Å². The second kappa shape index (κ2) is 4.44. The van der Waals surface area contributed by atoms with Crippen molar-refractivity contribution in [2.24, 2.45) is 0 Å². The van der Waals surface area contributed by atoms with Crippen LogP contribution < -0.4 is 4.74 Å². The number of pyridine rings is 1. The third-order valence-corrected chi connectivity index (χ3v) is 3.57. The molecular weight excluding hydrogens is 206 g/mol. The number of thiol groups is 1. The minimum Gasteiger partial charge on any atom is -0.495 e. The molecule has 0 unspecified atom stereocenters. The van der Waals surface area contributed by atoms with E-state index in [1.54, 1.807) is 7.11 Å². The van der Waals surface area contributed by atoms with E-state index in [2.05, 4.69) is 44.3 Å². The summed E-state index contributed by atoms with van der Waals surface area (Å²) in [7, 11) is 1.54. The highest BCUT2D eigenvalue weighted by Crippen LogP contribution is 2.38. The van der Waals surface area contributed by atoms with Gasteiger partial charge in [-0.15, -0.1) is 0 Å².